The summed E-state index contributed by atoms with van der Waals surface area (Å²) in [7, 11) is -1.50. The molecular formula is C8H15OSi. The Morgan fingerprint density at radius 1 is 1.30 bits per heavy atom. The molecule has 0 unspecified atom stereocenters. The van der Waals surface area contributed by atoms with Crippen molar-refractivity contribution in [3.05, 3.63) is 6.42 Å². The van der Waals surface area contributed by atoms with Gasteiger partial charge < -0.3 is 4.43 Å². The lowest BCUT2D eigenvalue weighted by Crippen LogP contribution is -2.37. The smallest absolute Gasteiger partial charge is 0.185 e. The molecular weight excluding hydrogens is 140 g/mol. The van der Waals surface area contributed by atoms with E-state index in [-0.39, 0.29) is 0 Å². The SMILES string of the molecule is [C]#CC(C)(C)O[Si](C)(C)C. The zero-order chi connectivity index (χ0) is 8.41. The van der Waals surface area contributed by atoms with Crippen LogP contribution in [0.3, 0.4) is 0 Å². The van der Waals surface area contributed by atoms with Crippen LogP contribution in [0.25, 0.3) is 0 Å². The van der Waals surface area contributed by atoms with E-state index >= 15 is 0 Å². The summed E-state index contributed by atoms with van der Waals surface area (Å²) in [5, 5.41) is 0. The maximum atomic E-state index is 6.93. The molecule has 0 heterocycles. The summed E-state index contributed by atoms with van der Waals surface area (Å²) in [6, 6.07) is 0. The predicted molar refractivity (Wildman–Crippen MR) is 45.6 cm³/mol. The Morgan fingerprint density at radius 3 is 1.80 bits per heavy atom. The second-order valence-corrected chi connectivity index (χ2v) is 8.28. The van der Waals surface area contributed by atoms with Crippen molar-refractivity contribution in [1.29, 1.82) is 0 Å². The van der Waals surface area contributed by atoms with E-state index in [4.69, 9.17) is 10.8 Å². The summed E-state index contributed by atoms with van der Waals surface area (Å²) in [5.41, 5.74) is -0.496. The van der Waals surface area contributed by atoms with Crippen LogP contribution in [0.1, 0.15) is 13.8 Å². The van der Waals surface area contributed by atoms with Gasteiger partial charge in [0.05, 0.1) is 0 Å². The molecule has 0 rings (SSSR count). The molecule has 0 aromatic heterocycles. The van der Waals surface area contributed by atoms with E-state index in [9.17, 15) is 0 Å². The minimum atomic E-state index is -1.50. The van der Waals surface area contributed by atoms with Crippen LogP contribution < -0.4 is 0 Å². The molecule has 0 bridgehead atoms. The van der Waals surface area contributed by atoms with Crippen molar-refractivity contribution in [3.63, 3.8) is 0 Å². The second kappa shape index (κ2) is 2.77. The van der Waals surface area contributed by atoms with Gasteiger partial charge in [0.25, 0.3) is 0 Å². The highest BCUT2D eigenvalue weighted by atomic mass is 28.4. The first kappa shape index (κ1) is 9.74. The van der Waals surface area contributed by atoms with E-state index < -0.39 is 13.9 Å². The van der Waals surface area contributed by atoms with Crippen LogP contribution in [0.5, 0.6) is 0 Å². The molecule has 0 aromatic rings. The van der Waals surface area contributed by atoms with Crippen molar-refractivity contribution in [3.8, 4) is 5.92 Å². The largest absolute Gasteiger partial charge is 0.402 e. The van der Waals surface area contributed by atoms with Gasteiger partial charge in [-0.15, -0.1) is 0 Å². The van der Waals surface area contributed by atoms with Crippen molar-refractivity contribution in [2.45, 2.75) is 39.1 Å². The van der Waals surface area contributed by atoms with Gasteiger partial charge in [-0.05, 0) is 39.9 Å². The first-order chi connectivity index (χ1) is 4.27. The Morgan fingerprint density at radius 2 is 1.70 bits per heavy atom. The monoisotopic (exact) mass is 155 g/mol. The zero-order valence-corrected chi connectivity index (χ0v) is 8.41. The standard InChI is InChI=1S/C8H15OSi/c1-7-8(2,3)9-10(4,5)6/h2-6H3. The Hall–Kier alpha value is -0.263. The van der Waals surface area contributed by atoms with E-state index in [1.807, 2.05) is 13.8 Å². The molecule has 0 atom stereocenters. The third-order valence-corrected chi connectivity index (χ3v) is 1.99. The summed E-state index contributed by atoms with van der Waals surface area (Å²) < 4.78 is 5.61. The minimum absolute atomic E-state index is 0.496. The maximum Gasteiger partial charge on any atom is 0.185 e. The molecule has 57 valence electrons. The Kier molecular flexibility index (Phi) is 2.70. The lowest BCUT2D eigenvalue weighted by atomic mass is 10.2. The molecule has 0 saturated carbocycles. The van der Waals surface area contributed by atoms with Gasteiger partial charge in [-0.25, -0.2) is 0 Å². The van der Waals surface area contributed by atoms with Crippen LogP contribution in [0.2, 0.25) is 19.6 Å². The third kappa shape index (κ3) is 4.60. The van der Waals surface area contributed by atoms with Gasteiger partial charge in [-0.1, -0.05) is 5.92 Å². The zero-order valence-electron chi connectivity index (χ0n) is 7.41. The fourth-order valence-electron chi connectivity index (χ4n) is 0.791. The molecule has 0 aliphatic rings. The Bertz CT molecular complexity index is 148. The van der Waals surface area contributed by atoms with Crippen LogP contribution in [0, 0.1) is 12.3 Å². The second-order valence-electron chi connectivity index (χ2n) is 3.85. The summed E-state index contributed by atoms with van der Waals surface area (Å²) in [4.78, 5) is 0. The van der Waals surface area contributed by atoms with Crippen molar-refractivity contribution in [2.75, 3.05) is 0 Å². The highest BCUT2D eigenvalue weighted by Gasteiger charge is 2.24. The average Bonchev–Trinajstić information content (AvgIpc) is 1.60. The van der Waals surface area contributed by atoms with Crippen molar-refractivity contribution in [1.82, 2.24) is 0 Å². The first-order valence-electron chi connectivity index (χ1n) is 3.41. The van der Waals surface area contributed by atoms with E-state index in [0.717, 1.165) is 0 Å². The highest BCUT2D eigenvalue weighted by molar-refractivity contribution is 6.69. The fourth-order valence-corrected chi connectivity index (χ4v) is 2.37. The van der Waals surface area contributed by atoms with Crippen molar-refractivity contribution in [2.24, 2.45) is 0 Å². The lowest BCUT2D eigenvalue weighted by Gasteiger charge is -2.28. The van der Waals surface area contributed by atoms with Gasteiger partial charge in [0, 0.05) is 0 Å². The maximum absolute atomic E-state index is 6.93. The summed E-state index contributed by atoms with van der Waals surface area (Å²) in [6.45, 7) is 10.0. The molecule has 10 heavy (non-hydrogen) atoms. The Balaban J connectivity index is 4.05. The van der Waals surface area contributed by atoms with Crippen molar-refractivity contribution >= 4 is 8.32 Å². The Labute approximate surface area is 64.9 Å². The van der Waals surface area contributed by atoms with Gasteiger partial charge in [0.2, 0.25) is 0 Å². The first-order valence-corrected chi connectivity index (χ1v) is 6.82. The topological polar surface area (TPSA) is 9.23 Å². The van der Waals surface area contributed by atoms with Crippen molar-refractivity contribution < 1.29 is 4.43 Å². The number of rotatable bonds is 2. The molecule has 0 aliphatic heterocycles. The quantitative estimate of drug-likeness (QED) is 0.439. The molecule has 0 saturated heterocycles. The third-order valence-electron chi connectivity index (χ3n) is 0.862. The minimum Gasteiger partial charge on any atom is -0.402 e. The van der Waals surface area contributed by atoms with Crippen LogP contribution in [0.4, 0.5) is 0 Å². The van der Waals surface area contributed by atoms with Gasteiger partial charge in [-0.2, -0.15) is 0 Å². The van der Waals surface area contributed by atoms with E-state index in [0.29, 0.717) is 0 Å². The molecule has 0 amide bonds. The molecule has 0 N–H and O–H groups in total. The van der Waals surface area contributed by atoms with Crippen LogP contribution in [0.15, 0.2) is 0 Å². The molecule has 0 aliphatic carbocycles. The van der Waals surface area contributed by atoms with E-state index in [1.54, 1.807) is 0 Å². The van der Waals surface area contributed by atoms with E-state index in [1.165, 1.54) is 0 Å². The van der Waals surface area contributed by atoms with Crippen LogP contribution in [-0.2, 0) is 4.43 Å². The fraction of sp³-hybridized carbons (Fsp3) is 0.750. The summed E-state index contributed by atoms with van der Waals surface area (Å²) in [5.74, 6) is 2.36. The van der Waals surface area contributed by atoms with E-state index in [2.05, 4.69) is 25.6 Å². The van der Waals surface area contributed by atoms with Crippen LogP contribution >= 0.6 is 0 Å². The highest BCUT2D eigenvalue weighted by Crippen LogP contribution is 2.15. The molecule has 1 nitrogen and oxygen atoms in total. The van der Waals surface area contributed by atoms with Gasteiger partial charge >= 0.3 is 0 Å². The molecule has 0 aromatic carbocycles. The number of hydrogen-bond acceptors (Lipinski definition) is 1. The van der Waals surface area contributed by atoms with Gasteiger partial charge in [-0.3, -0.25) is 0 Å². The molecule has 0 fully saturated rings. The summed E-state index contributed by atoms with van der Waals surface area (Å²) in [6.07, 6.45) is 6.93. The molecule has 2 heteroatoms. The number of hydrogen-bond donors (Lipinski definition) is 0. The molecule has 1 radical (unpaired) electrons. The van der Waals surface area contributed by atoms with Crippen LogP contribution in [-0.4, -0.2) is 13.9 Å². The normalized spacial score (nSPS) is 12.8. The average molecular weight is 155 g/mol. The lowest BCUT2D eigenvalue weighted by molar-refractivity contribution is 0.164. The predicted octanol–water partition coefficient (Wildman–Crippen LogP) is 2.21. The molecule has 0 spiro atoms. The summed E-state index contributed by atoms with van der Waals surface area (Å²) >= 11 is 0. The van der Waals surface area contributed by atoms with Gasteiger partial charge in [0.15, 0.2) is 8.32 Å². The van der Waals surface area contributed by atoms with Gasteiger partial charge in [0.1, 0.15) is 5.60 Å².